The highest BCUT2D eigenvalue weighted by Crippen LogP contribution is 2.23. The Balaban J connectivity index is 1.79. The van der Waals surface area contributed by atoms with Gasteiger partial charge in [-0.2, -0.15) is 0 Å². The molecule has 3 N–H and O–H groups in total. The molecule has 0 aliphatic rings. The van der Waals surface area contributed by atoms with E-state index >= 15 is 0 Å². The fourth-order valence-electron chi connectivity index (χ4n) is 1.91. The van der Waals surface area contributed by atoms with Crippen molar-refractivity contribution in [2.24, 2.45) is 0 Å². The highest BCUT2D eigenvalue weighted by atomic mass is 32.1. The van der Waals surface area contributed by atoms with Gasteiger partial charge < -0.3 is 15.5 Å². The number of nitrogens with two attached hydrogens (primary N) is 1. The molecule has 2 heterocycles. The smallest absolute Gasteiger partial charge is 0.195 e. The van der Waals surface area contributed by atoms with Crippen molar-refractivity contribution in [2.75, 3.05) is 11.1 Å². The summed E-state index contributed by atoms with van der Waals surface area (Å²) < 4.78 is 5.58. The van der Waals surface area contributed by atoms with Crippen LogP contribution in [0.25, 0.3) is 11.1 Å². The molecule has 0 saturated heterocycles. The van der Waals surface area contributed by atoms with E-state index in [2.05, 4.69) is 10.3 Å². The van der Waals surface area contributed by atoms with Crippen molar-refractivity contribution in [3.8, 4) is 0 Å². The van der Waals surface area contributed by atoms with Crippen molar-refractivity contribution in [3.63, 3.8) is 0 Å². The summed E-state index contributed by atoms with van der Waals surface area (Å²) in [5.74, 6) is 0.773. The van der Waals surface area contributed by atoms with Gasteiger partial charge in [0.25, 0.3) is 0 Å². The minimum atomic E-state index is 0.730. The van der Waals surface area contributed by atoms with Gasteiger partial charge in [-0.05, 0) is 29.6 Å². The summed E-state index contributed by atoms with van der Waals surface area (Å²) in [6.45, 7) is 2.76. The molecule has 0 bridgehead atoms. The first-order valence-corrected chi connectivity index (χ1v) is 7.09. The first-order chi connectivity index (χ1) is 9.26. The van der Waals surface area contributed by atoms with Crippen LogP contribution in [0.1, 0.15) is 17.7 Å². The van der Waals surface area contributed by atoms with Crippen LogP contribution in [0.2, 0.25) is 0 Å². The second-order valence-corrected chi connectivity index (χ2v) is 5.30. The van der Waals surface area contributed by atoms with Gasteiger partial charge in [0.15, 0.2) is 11.5 Å². The predicted octanol–water partition coefficient (Wildman–Crippen LogP) is 3.65. The molecular formula is C14H15N3OS. The average molecular weight is 273 g/mol. The van der Waals surface area contributed by atoms with Crippen LogP contribution in [0.5, 0.6) is 0 Å². The number of hydrogen-bond donors (Lipinski definition) is 2. The number of fused-ring (bicyclic) bond motifs is 1. The molecular weight excluding hydrogens is 258 g/mol. The fraction of sp³-hybridized carbons (Fsp3) is 0.214. The van der Waals surface area contributed by atoms with E-state index in [1.807, 2.05) is 36.6 Å². The van der Waals surface area contributed by atoms with Crippen LogP contribution in [0.15, 0.2) is 34.1 Å². The molecule has 19 heavy (non-hydrogen) atoms. The first-order valence-electron chi connectivity index (χ1n) is 6.21. The normalized spacial score (nSPS) is 11.0. The summed E-state index contributed by atoms with van der Waals surface area (Å²) >= 11 is 1.66. The van der Waals surface area contributed by atoms with Crippen LogP contribution in [0.4, 0.5) is 11.4 Å². The van der Waals surface area contributed by atoms with Crippen LogP contribution < -0.4 is 11.1 Å². The third-order valence-corrected chi connectivity index (χ3v) is 3.90. The van der Waals surface area contributed by atoms with Crippen molar-refractivity contribution in [1.82, 2.24) is 4.98 Å². The zero-order valence-corrected chi connectivity index (χ0v) is 11.5. The van der Waals surface area contributed by atoms with Crippen molar-refractivity contribution in [1.29, 1.82) is 0 Å². The Labute approximate surface area is 115 Å². The molecule has 0 amide bonds. The molecule has 3 rings (SSSR count). The second kappa shape index (κ2) is 4.93. The van der Waals surface area contributed by atoms with Gasteiger partial charge in [-0.15, -0.1) is 11.3 Å². The predicted molar refractivity (Wildman–Crippen MR) is 79.4 cm³/mol. The summed E-state index contributed by atoms with van der Waals surface area (Å²) in [7, 11) is 0. The van der Waals surface area contributed by atoms with E-state index in [0.717, 1.165) is 46.2 Å². The highest BCUT2D eigenvalue weighted by Gasteiger charge is 2.05. The number of anilines is 2. The third kappa shape index (κ3) is 2.42. The second-order valence-electron chi connectivity index (χ2n) is 4.30. The molecule has 98 valence electrons. The molecule has 1 aromatic carbocycles. The van der Waals surface area contributed by atoms with Gasteiger partial charge in [-0.1, -0.05) is 6.92 Å². The molecule has 3 aromatic rings. The highest BCUT2D eigenvalue weighted by molar-refractivity contribution is 7.10. The number of benzene rings is 1. The zero-order chi connectivity index (χ0) is 13.2. The van der Waals surface area contributed by atoms with E-state index in [1.165, 1.54) is 0 Å². The van der Waals surface area contributed by atoms with Gasteiger partial charge in [-0.3, -0.25) is 0 Å². The van der Waals surface area contributed by atoms with Crippen LogP contribution in [0, 0.1) is 0 Å². The monoisotopic (exact) mass is 273 g/mol. The number of aryl methyl sites for hydroxylation is 1. The Hall–Kier alpha value is -2.01. The molecule has 0 radical (unpaired) electrons. The number of hydrogen-bond acceptors (Lipinski definition) is 5. The third-order valence-electron chi connectivity index (χ3n) is 2.97. The topological polar surface area (TPSA) is 64.1 Å². The maximum atomic E-state index is 5.86. The Morgan fingerprint density at radius 3 is 3.00 bits per heavy atom. The van der Waals surface area contributed by atoms with Crippen molar-refractivity contribution < 1.29 is 4.42 Å². The van der Waals surface area contributed by atoms with Crippen molar-refractivity contribution in [2.45, 2.75) is 19.9 Å². The molecule has 0 fully saturated rings. The van der Waals surface area contributed by atoms with Crippen molar-refractivity contribution >= 4 is 33.8 Å². The largest absolute Gasteiger partial charge is 0.441 e. The summed E-state index contributed by atoms with van der Waals surface area (Å²) in [6, 6.07) is 7.87. The molecule has 5 heteroatoms. The number of thiophene rings is 1. The number of nitrogens with one attached hydrogen (secondary N) is 1. The number of rotatable bonds is 4. The Morgan fingerprint density at radius 1 is 1.37 bits per heavy atom. The number of aromatic nitrogens is 1. The number of nitrogen functional groups attached to an aromatic ring is 1. The number of nitrogens with zero attached hydrogens (tertiary/aromatic N) is 1. The molecule has 0 aliphatic carbocycles. The molecule has 0 saturated carbocycles. The zero-order valence-electron chi connectivity index (χ0n) is 10.6. The van der Waals surface area contributed by atoms with Crippen LogP contribution in [-0.4, -0.2) is 4.98 Å². The summed E-state index contributed by atoms with van der Waals surface area (Å²) in [5, 5.41) is 5.36. The van der Waals surface area contributed by atoms with Gasteiger partial charge >= 0.3 is 0 Å². The van der Waals surface area contributed by atoms with Crippen LogP contribution >= 0.6 is 11.3 Å². The lowest BCUT2D eigenvalue weighted by molar-refractivity contribution is 0.538. The number of oxazole rings is 1. The lowest BCUT2D eigenvalue weighted by Crippen LogP contribution is -1.99. The summed E-state index contributed by atoms with van der Waals surface area (Å²) in [6.07, 6.45) is 0.809. The Morgan fingerprint density at radius 2 is 2.26 bits per heavy atom. The Kier molecular flexibility index (Phi) is 3.13. The summed E-state index contributed by atoms with van der Waals surface area (Å²) in [5.41, 5.74) is 9.45. The molecule has 4 nitrogen and oxygen atoms in total. The van der Waals surface area contributed by atoms with Gasteiger partial charge in [0.1, 0.15) is 5.52 Å². The lowest BCUT2D eigenvalue weighted by Gasteiger charge is -2.05. The Bertz CT molecular complexity index is 702. The van der Waals surface area contributed by atoms with E-state index < -0.39 is 0 Å². The molecule has 2 aromatic heterocycles. The van der Waals surface area contributed by atoms with Gasteiger partial charge in [0.05, 0.1) is 6.54 Å². The fourth-order valence-corrected chi connectivity index (χ4v) is 2.65. The van der Waals surface area contributed by atoms with Gasteiger partial charge in [0.2, 0.25) is 0 Å². The SMILES string of the molecule is CCc1nc2cc(NCc3sccc3N)ccc2o1. The standard InChI is InChI=1S/C14H15N3OS/c1-2-14-17-11-7-9(3-4-12(11)18-14)16-8-13-10(15)5-6-19-13/h3-7,16H,2,8,15H2,1H3. The lowest BCUT2D eigenvalue weighted by atomic mass is 10.3. The molecule has 0 unspecified atom stereocenters. The van der Waals surface area contributed by atoms with E-state index in [0.29, 0.717) is 0 Å². The van der Waals surface area contributed by atoms with E-state index in [9.17, 15) is 0 Å². The van der Waals surface area contributed by atoms with E-state index in [-0.39, 0.29) is 0 Å². The van der Waals surface area contributed by atoms with Gasteiger partial charge in [-0.25, -0.2) is 4.98 Å². The minimum absolute atomic E-state index is 0.730. The van der Waals surface area contributed by atoms with Crippen molar-refractivity contribution in [3.05, 3.63) is 40.4 Å². The molecule has 0 atom stereocenters. The quantitative estimate of drug-likeness (QED) is 0.761. The molecule has 0 aliphatic heterocycles. The maximum Gasteiger partial charge on any atom is 0.195 e. The maximum absolute atomic E-state index is 5.86. The van der Waals surface area contributed by atoms with Gasteiger partial charge in [0, 0.05) is 22.7 Å². The first kappa shape index (κ1) is 12.0. The van der Waals surface area contributed by atoms with Crippen LogP contribution in [0.3, 0.4) is 0 Å². The minimum Gasteiger partial charge on any atom is -0.441 e. The molecule has 0 spiro atoms. The van der Waals surface area contributed by atoms with E-state index in [4.69, 9.17) is 10.2 Å². The average Bonchev–Trinajstić information content (AvgIpc) is 3.01. The summed E-state index contributed by atoms with van der Waals surface area (Å²) in [4.78, 5) is 5.57. The van der Waals surface area contributed by atoms with E-state index in [1.54, 1.807) is 11.3 Å². The van der Waals surface area contributed by atoms with Crippen LogP contribution in [-0.2, 0) is 13.0 Å².